The summed E-state index contributed by atoms with van der Waals surface area (Å²) in [6.45, 7) is 3.69. The first-order chi connectivity index (χ1) is 14.9. The van der Waals surface area contributed by atoms with Crippen molar-refractivity contribution in [3.8, 4) is 0 Å². The number of carbonyl (C=O) groups excluding carboxylic acids is 2. The van der Waals surface area contributed by atoms with Gasteiger partial charge in [-0.05, 0) is 55.3 Å². The molecular formula is C20H16Cl2F3N3O3S. The van der Waals surface area contributed by atoms with Gasteiger partial charge in [-0.3, -0.25) is 4.79 Å². The molecule has 0 aliphatic heterocycles. The van der Waals surface area contributed by atoms with Gasteiger partial charge in [0, 0.05) is 5.02 Å². The Morgan fingerprint density at radius 2 is 1.75 bits per heavy atom. The van der Waals surface area contributed by atoms with Crippen molar-refractivity contribution in [2.24, 2.45) is 0 Å². The third-order valence-corrected chi connectivity index (χ3v) is 6.17. The fraction of sp³-hybridized carbons (Fsp3) is 0.250. The highest BCUT2D eigenvalue weighted by Gasteiger charge is 2.64. The van der Waals surface area contributed by atoms with Crippen LogP contribution in [0.5, 0.6) is 0 Å². The predicted molar refractivity (Wildman–Crippen MR) is 117 cm³/mol. The van der Waals surface area contributed by atoms with Crippen molar-refractivity contribution in [1.82, 2.24) is 10.3 Å². The fourth-order valence-electron chi connectivity index (χ4n) is 2.85. The highest BCUT2D eigenvalue weighted by molar-refractivity contribution is 7.22. The Morgan fingerprint density at radius 1 is 1.09 bits per heavy atom. The van der Waals surface area contributed by atoms with Crippen LogP contribution in [0.15, 0.2) is 30.3 Å². The lowest BCUT2D eigenvalue weighted by molar-refractivity contribution is -0.203. The number of fused-ring (bicyclic) bond motifs is 1. The molecule has 32 heavy (non-hydrogen) atoms. The smallest absolute Gasteiger partial charge is 0.442 e. The average molecular weight is 506 g/mol. The lowest BCUT2D eigenvalue weighted by Gasteiger charge is -2.34. The summed E-state index contributed by atoms with van der Waals surface area (Å²) in [5, 5.41) is 3.50. The van der Waals surface area contributed by atoms with Crippen molar-refractivity contribution in [3.05, 3.63) is 57.1 Å². The van der Waals surface area contributed by atoms with Crippen molar-refractivity contribution in [2.75, 3.05) is 12.4 Å². The standard InChI is InChI=1S/C20H16Cl2F3N3O3S/c1-9-6-14-15(7-10(9)2)32-18(26-14)28-19(17(30)31-3,20(23,24)25)27-16(29)12-5-4-11(21)8-13(12)22/h4-8H,1-3H3,(H,26,28)(H,27,29). The molecular weight excluding hydrogens is 490 g/mol. The molecule has 0 aliphatic rings. The van der Waals surface area contributed by atoms with Gasteiger partial charge in [-0.2, -0.15) is 13.2 Å². The third kappa shape index (κ3) is 4.48. The summed E-state index contributed by atoms with van der Waals surface area (Å²) in [7, 11) is 0.775. The molecule has 6 nitrogen and oxygen atoms in total. The lowest BCUT2D eigenvalue weighted by atomic mass is 10.1. The summed E-state index contributed by atoms with van der Waals surface area (Å²) in [6, 6.07) is 7.10. The number of nitrogens with one attached hydrogen (secondary N) is 2. The quantitative estimate of drug-likeness (QED) is 0.353. The van der Waals surface area contributed by atoms with E-state index in [-0.39, 0.29) is 20.7 Å². The van der Waals surface area contributed by atoms with E-state index in [0.29, 0.717) is 10.2 Å². The second-order valence-electron chi connectivity index (χ2n) is 6.87. The zero-order chi connectivity index (χ0) is 23.8. The highest BCUT2D eigenvalue weighted by Crippen LogP contribution is 2.37. The van der Waals surface area contributed by atoms with Crippen molar-refractivity contribution < 1.29 is 27.5 Å². The van der Waals surface area contributed by atoms with Crippen LogP contribution in [-0.2, 0) is 9.53 Å². The largest absolute Gasteiger partial charge is 0.466 e. The molecule has 1 aromatic heterocycles. The summed E-state index contributed by atoms with van der Waals surface area (Å²) >= 11 is 12.6. The summed E-state index contributed by atoms with van der Waals surface area (Å²) in [5.74, 6) is -3.05. The second kappa shape index (κ2) is 8.76. The Bertz CT molecular complexity index is 1180. The number of amides is 1. The molecule has 2 N–H and O–H groups in total. The van der Waals surface area contributed by atoms with Crippen LogP contribution >= 0.6 is 34.5 Å². The summed E-state index contributed by atoms with van der Waals surface area (Å²) in [5.41, 5.74) is -1.68. The number of aromatic nitrogens is 1. The topological polar surface area (TPSA) is 80.3 Å². The molecule has 3 aromatic rings. The Morgan fingerprint density at radius 3 is 2.34 bits per heavy atom. The molecule has 0 radical (unpaired) electrons. The van der Waals surface area contributed by atoms with E-state index in [1.165, 1.54) is 12.1 Å². The van der Waals surface area contributed by atoms with Gasteiger partial charge in [0.2, 0.25) is 0 Å². The van der Waals surface area contributed by atoms with Gasteiger partial charge in [0.05, 0.1) is 27.9 Å². The van der Waals surface area contributed by atoms with Gasteiger partial charge in [0.25, 0.3) is 5.91 Å². The number of rotatable bonds is 5. The van der Waals surface area contributed by atoms with E-state index in [9.17, 15) is 22.8 Å². The Balaban J connectivity index is 2.08. The number of ether oxygens (including phenoxy) is 1. The maximum Gasteiger partial charge on any atom is 0.442 e. The number of benzene rings is 2. The molecule has 0 aliphatic carbocycles. The number of aryl methyl sites for hydroxylation is 2. The number of hydrogen-bond donors (Lipinski definition) is 2. The van der Waals surface area contributed by atoms with E-state index < -0.39 is 23.7 Å². The van der Waals surface area contributed by atoms with Gasteiger partial charge in [-0.1, -0.05) is 34.5 Å². The van der Waals surface area contributed by atoms with E-state index in [1.54, 1.807) is 17.4 Å². The number of carbonyl (C=O) groups is 2. The monoisotopic (exact) mass is 505 g/mol. The zero-order valence-corrected chi connectivity index (χ0v) is 19.2. The van der Waals surface area contributed by atoms with Crippen LogP contribution < -0.4 is 10.6 Å². The molecule has 1 atom stereocenters. The maximum atomic E-state index is 14.3. The van der Waals surface area contributed by atoms with Gasteiger partial charge in [0.1, 0.15) is 0 Å². The lowest BCUT2D eigenvalue weighted by Crippen LogP contribution is -2.69. The van der Waals surface area contributed by atoms with Crippen LogP contribution in [0, 0.1) is 13.8 Å². The van der Waals surface area contributed by atoms with Crippen molar-refractivity contribution >= 4 is 61.8 Å². The molecule has 1 heterocycles. The number of esters is 1. The van der Waals surface area contributed by atoms with Gasteiger partial charge < -0.3 is 15.4 Å². The number of methoxy groups -OCH3 is 1. The fourth-order valence-corrected chi connectivity index (χ4v) is 4.34. The van der Waals surface area contributed by atoms with Crippen LogP contribution in [-0.4, -0.2) is 35.8 Å². The molecule has 170 valence electrons. The Labute approximate surface area is 194 Å². The molecule has 1 unspecified atom stereocenters. The minimum atomic E-state index is -5.31. The average Bonchev–Trinajstić information content (AvgIpc) is 3.06. The first kappa shape index (κ1) is 24.1. The van der Waals surface area contributed by atoms with E-state index in [0.717, 1.165) is 35.6 Å². The molecule has 0 saturated heterocycles. The Kier molecular flexibility index (Phi) is 6.60. The van der Waals surface area contributed by atoms with E-state index in [1.807, 2.05) is 19.2 Å². The number of alkyl halides is 3. The van der Waals surface area contributed by atoms with Gasteiger partial charge in [-0.25, -0.2) is 9.78 Å². The zero-order valence-electron chi connectivity index (χ0n) is 16.9. The summed E-state index contributed by atoms with van der Waals surface area (Å²) in [6.07, 6.45) is -5.31. The van der Waals surface area contributed by atoms with E-state index >= 15 is 0 Å². The number of thiazole rings is 1. The SMILES string of the molecule is COC(=O)C(NC(=O)c1ccc(Cl)cc1Cl)(Nc1nc2cc(C)c(C)cc2s1)C(F)(F)F. The Hall–Kier alpha value is -2.56. The van der Waals surface area contributed by atoms with Gasteiger partial charge >= 0.3 is 17.8 Å². The van der Waals surface area contributed by atoms with Crippen LogP contribution in [0.1, 0.15) is 21.5 Å². The minimum Gasteiger partial charge on any atom is -0.466 e. The molecule has 1 amide bonds. The van der Waals surface area contributed by atoms with Crippen LogP contribution in [0.3, 0.4) is 0 Å². The molecule has 0 bridgehead atoms. The first-order valence-electron chi connectivity index (χ1n) is 8.96. The van der Waals surface area contributed by atoms with E-state index in [2.05, 4.69) is 9.72 Å². The maximum absolute atomic E-state index is 14.3. The number of hydrogen-bond acceptors (Lipinski definition) is 6. The summed E-state index contributed by atoms with van der Waals surface area (Å²) < 4.78 is 47.8. The van der Waals surface area contributed by atoms with Crippen LogP contribution in [0.4, 0.5) is 18.3 Å². The highest BCUT2D eigenvalue weighted by atomic mass is 35.5. The van der Waals surface area contributed by atoms with Gasteiger partial charge in [-0.15, -0.1) is 0 Å². The second-order valence-corrected chi connectivity index (χ2v) is 8.74. The van der Waals surface area contributed by atoms with Crippen molar-refractivity contribution in [1.29, 1.82) is 0 Å². The number of nitrogens with zero attached hydrogens (tertiary/aromatic N) is 1. The predicted octanol–water partition coefficient (Wildman–Crippen LogP) is 5.49. The van der Waals surface area contributed by atoms with Crippen molar-refractivity contribution in [3.63, 3.8) is 0 Å². The molecule has 3 rings (SSSR count). The third-order valence-electron chi connectivity index (χ3n) is 4.69. The number of anilines is 1. The molecule has 12 heteroatoms. The van der Waals surface area contributed by atoms with Crippen LogP contribution in [0.25, 0.3) is 10.2 Å². The molecule has 0 spiro atoms. The molecule has 2 aromatic carbocycles. The van der Waals surface area contributed by atoms with Crippen LogP contribution in [0.2, 0.25) is 10.0 Å². The van der Waals surface area contributed by atoms with E-state index in [4.69, 9.17) is 23.2 Å². The summed E-state index contributed by atoms with van der Waals surface area (Å²) in [4.78, 5) is 29.3. The van der Waals surface area contributed by atoms with Gasteiger partial charge in [0.15, 0.2) is 5.13 Å². The minimum absolute atomic E-state index is 0.180. The van der Waals surface area contributed by atoms with Crippen molar-refractivity contribution in [2.45, 2.75) is 25.7 Å². The first-order valence-corrected chi connectivity index (χ1v) is 10.5. The molecule has 0 fully saturated rings. The number of halogens is 5. The normalized spacial score (nSPS) is 13.5. The molecule has 0 saturated carbocycles.